The summed E-state index contributed by atoms with van der Waals surface area (Å²) in [5.74, 6) is 0.762. The zero-order chi connectivity index (χ0) is 22.9. The van der Waals surface area contributed by atoms with Gasteiger partial charge in [0.15, 0.2) is 16.5 Å². The highest BCUT2D eigenvalue weighted by molar-refractivity contribution is 9.10. The Hall–Kier alpha value is -3.23. The molecule has 0 fully saturated rings. The van der Waals surface area contributed by atoms with Crippen molar-refractivity contribution in [1.29, 1.82) is 0 Å². The van der Waals surface area contributed by atoms with Crippen LogP contribution in [-0.2, 0) is 6.61 Å². The van der Waals surface area contributed by atoms with Gasteiger partial charge in [-0.1, -0.05) is 51.5 Å². The third kappa shape index (κ3) is 4.24. The second-order valence-corrected chi connectivity index (χ2v) is 9.17. The van der Waals surface area contributed by atoms with Gasteiger partial charge in [-0.05, 0) is 60.5 Å². The summed E-state index contributed by atoms with van der Waals surface area (Å²) in [6, 6.07) is 17.5. The first kappa shape index (κ1) is 21.6. The van der Waals surface area contributed by atoms with Gasteiger partial charge in [0.05, 0.1) is 22.2 Å². The average Bonchev–Trinajstić information content (AvgIpc) is 3.31. The van der Waals surface area contributed by atoms with Crippen molar-refractivity contribution < 1.29 is 13.9 Å². The van der Waals surface area contributed by atoms with Crippen LogP contribution in [-0.4, -0.2) is 16.0 Å². The molecule has 5 nitrogen and oxygen atoms in total. The number of thiazole rings is 1. The number of imidazole rings is 1. The SMILES string of the molecule is CCOc1cc(/C=c2\sc3nc4ccccc4n3c2=O)c(Br)cc1OCc1cccc(F)c1. The number of nitrogens with zero attached hydrogens (tertiary/aromatic N) is 2. The van der Waals surface area contributed by atoms with Gasteiger partial charge in [0.1, 0.15) is 12.4 Å². The van der Waals surface area contributed by atoms with Gasteiger partial charge in [-0.25, -0.2) is 13.8 Å². The van der Waals surface area contributed by atoms with Crippen molar-refractivity contribution in [2.45, 2.75) is 13.5 Å². The van der Waals surface area contributed by atoms with Crippen LogP contribution in [0.4, 0.5) is 4.39 Å². The van der Waals surface area contributed by atoms with Gasteiger partial charge in [0.25, 0.3) is 5.56 Å². The largest absolute Gasteiger partial charge is 0.490 e. The zero-order valence-electron chi connectivity index (χ0n) is 17.5. The first-order valence-corrected chi connectivity index (χ1v) is 11.9. The van der Waals surface area contributed by atoms with Gasteiger partial charge < -0.3 is 9.47 Å². The Bertz CT molecular complexity index is 1600. The maximum absolute atomic E-state index is 13.5. The third-order valence-electron chi connectivity index (χ3n) is 5.08. The van der Waals surface area contributed by atoms with E-state index < -0.39 is 0 Å². The lowest BCUT2D eigenvalue weighted by Crippen LogP contribution is -2.22. The highest BCUT2D eigenvalue weighted by atomic mass is 79.9. The number of fused-ring (bicyclic) bond motifs is 3. The Morgan fingerprint density at radius 1 is 1.09 bits per heavy atom. The Morgan fingerprint density at radius 3 is 2.73 bits per heavy atom. The molecule has 0 atom stereocenters. The van der Waals surface area contributed by atoms with Crippen LogP contribution in [0.2, 0.25) is 0 Å². The molecule has 2 heterocycles. The lowest BCUT2D eigenvalue weighted by atomic mass is 10.2. The molecule has 8 heteroatoms. The third-order valence-corrected chi connectivity index (χ3v) is 6.73. The molecule has 3 aromatic carbocycles. The summed E-state index contributed by atoms with van der Waals surface area (Å²) in [6.45, 7) is 2.53. The smallest absolute Gasteiger partial charge is 0.274 e. The van der Waals surface area contributed by atoms with Crippen molar-refractivity contribution in [3.05, 3.63) is 97.0 Å². The Kier molecular flexibility index (Phi) is 5.86. The van der Waals surface area contributed by atoms with Crippen LogP contribution in [0, 0.1) is 5.82 Å². The van der Waals surface area contributed by atoms with E-state index in [0.29, 0.717) is 27.6 Å². The van der Waals surface area contributed by atoms with Crippen LogP contribution in [0.3, 0.4) is 0 Å². The quantitative estimate of drug-likeness (QED) is 0.301. The normalized spacial score (nSPS) is 12.0. The van der Waals surface area contributed by atoms with E-state index >= 15 is 0 Å². The monoisotopic (exact) mass is 524 g/mol. The molecule has 0 bridgehead atoms. The average molecular weight is 525 g/mol. The summed E-state index contributed by atoms with van der Waals surface area (Å²) in [5.41, 5.74) is 2.98. The fraction of sp³-hybridized carbons (Fsp3) is 0.120. The summed E-state index contributed by atoms with van der Waals surface area (Å²) < 4.78 is 28.1. The molecule has 0 aliphatic heterocycles. The molecular weight excluding hydrogens is 507 g/mol. The molecule has 0 saturated carbocycles. The first-order chi connectivity index (χ1) is 16.0. The number of rotatable bonds is 6. The van der Waals surface area contributed by atoms with Gasteiger partial charge in [0, 0.05) is 4.47 Å². The molecule has 0 amide bonds. The Labute approximate surface area is 200 Å². The predicted molar refractivity (Wildman–Crippen MR) is 132 cm³/mol. The molecule has 5 rings (SSSR count). The second kappa shape index (κ2) is 8.96. The van der Waals surface area contributed by atoms with E-state index in [1.165, 1.54) is 23.5 Å². The highest BCUT2D eigenvalue weighted by Crippen LogP contribution is 2.35. The topological polar surface area (TPSA) is 52.8 Å². The van der Waals surface area contributed by atoms with Crippen molar-refractivity contribution in [3.63, 3.8) is 0 Å². The fourth-order valence-electron chi connectivity index (χ4n) is 3.58. The Balaban J connectivity index is 1.53. The van der Waals surface area contributed by atoms with Gasteiger partial charge in [-0.2, -0.15) is 0 Å². The zero-order valence-corrected chi connectivity index (χ0v) is 20.0. The van der Waals surface area contributed by atoms with Crippen molar-refractivity contribution in [2.24, 2.45) is 0 Å². The van der Waals surface area contributed by atoms with Crippen LogP contribution in [0.1, 0.15) is 18.1 Å². The van der Waals surface area contributed by atoms with Gasteiger partial charge in [-0.3, -0.25) is 4.79 Å². The highest BCUT2D eigenvalue weighted by Gasteiger charge is 2.13. The summed E-state index contributed by atoms with van der Waals surface area (Å²) in [6.07, 6.45) is 1.82. The molecule has 0 radical (unpaired) electrons. The summed E-state index contributed by atoms with van der Waals surface area (Å²) in [5, 5.41) is 0. The number of hydrogen-bond donors (Lipinski definition) is 0. The first-order valence-electron chi connectivity index (χ1n) is 10.3. The standard InChI is InChI=1S/C25H18BrFN2O3S/c1-2-31-21-11-16(18(26)13-22(21)32-14-15-6-5-7-17(27)10-15)12-23-24(30)29-20-9-4-3-8-19(20)28-25(29)33-23/h3-13H,2,14H2,1H3/b23-12-. The van der Waals surface area contributed by atoms with Crippen molar-refractivity contribution in [2.75, 3.05) is 6.61 Å². The second-order valence-electron chi connectivity index (χ2n) is 7.31. The molecule has 166 valence electrons. The molecule has 0 unspecified atom stereocenters. The number of benzene rings is 3. The lowest BCUT2D eigenvalue weighted by Gasteiger charge is -2.14. The Morgan fingerprint density at radius 2 is 1.91 bits per heavy atom. The minimum Gasteiger partial charge on any atom is -0.490 e. The van der Waals surface area contributed by atoms with E-state index in [-0.39, 0.29) is 18.0 Å². The molecule has 0 spiro atoms. The summed E-state index contributed by atoms with van der Waals surface area (Å²) >= 11 is 4.92. The van der Waals surface area contributed by atoms with Crippen LogP contribution >= 0.6 is 27.3 Å². The molecular formula is C25H18BrFN2O3S. The summed E-state index contributed by atoms with van der Waals surface area (Å²) in [7, 11) is 0. The lowest BCUT2D eigenvalue weighted by molar-refractivity contribution is 0.269. The van der Waals surface area contributed by atoms with Gasteiger partial charge in [-0.15, -0.1) is 0 Å². The predicted octanol–water partition coefficient (Wildman–Crippen LogP) is 5.34. The van der Waals surface area contributed by atoms with Crippen LogP contribution in [0.25, 0.3) is 22.1 Å². The van der Waals surface area contributed by atoms with E-state index in [1.807, 2.05) is 43.3 Å². The maximum Gasteiger partial charge on any atom is 0.274 e. The number of para-hydroxylation sites is 2. The minimum atomic E-state index is -0.309. The molecule has 2 aromatic heterocycles. The van der Waals surface area contributed by atoms with E-state index in [9.17, 15) is 9.18 Å². The summed E-state index contributed by atoms with van der Waals surface area (Å²) in [4.78, 5) is 18.3. The van der Waals surface area contributed by atoms with E-state index in [0.717, 1.165) is 26.6 Å². The molecule has 33 heavy (non-hydrogen) atoms. The van der Waals surface area contributed by atoms with Crippen molar-refractivity contribution in [3.8, 4) is 11.5 Å². The molecule has 0 aliphatic carbocycles. The fourth-order valence-corrected chi connectivity index (χ4v) is 5.00. The van der Waals surface area contributed by atoms with Gasteiger partial charge in [0.2, 0.25) is 0 Å². The van der Waals surface area contributed by atoms with Crippen molar-refractivity contribution in [1.82, 2.24) is 9.38 Å². The minimum absolute atomic E-state index is 0.111. The van der Waals surface area contributed by atoms with E-state index in [2.05, 4.69) is 20.9 Å². The van der Waals surface area contributed by atoms with Gasteiger partial charge >= 0.3 is 0 Å². The molecule has 0 aliphatic rings. The number of ether oxygens (including phenoxy) is 2. The number of halogens is 2. The van der Waals surface area contributed by atoms with Crippen LogP contribution in [0.5, 0.6) is 11.5 Å². The van der Waals surface area contributed by atoms with E-state index in [4.69, 9.17) is 9.47 Å². The molecule has 0 N–H and O–H groups in total. The number of hydrogen-bond acceptors (Lipinski definition) is 5. The number of aromatic nitrogens is 2. The molecule has 5 aromatic rings. The maximum atomic E-state index is 13.5. The van der Waals surface area contributed by atoms with Crippen molar-refractivity contribution >= 4 is 49.3 Å². The molecule has 0 saturated heterocycles. The van der Waals surface area contributed by atoms with Crippen LogP contribution < -0.4 is 19.6 Å². The van der Waals surface area contributed by atoms with Crippen LogP contribution in [0.15, 0.2) is 69.9 Å². The van der Waals surface area contributed by atoms with E-state index in [1.54, 1.807) is 22.6 Å².